The smallest absolute Gasteiger partial charge is 0.264 e. The second-order valence-corrected chi connectivity index (χ2v) is 13.6. The van der Waals surface area contributed by atoms with Crippen molar-refractivity contribution < 1.29 is 18.0 Å². The quantitative estimate of drug-likeness (QED) is 0.315. The van der Waals surface area contributed by atoms with E-state index in [0.29, 0.717) is 5.69 Å². The van der Waals surface area contributed by atoms with Gasteiger partial charge in [0.05, 0.1) is 10.6 Å². The Morgan fingerprint density at radius 3 is 2.10 bits per heavy atom. The van der Waals surface area contributed by atoms with Crippen LogP contribution < -0.4 is 9.62 Å². The van der Waals surface area contributed by atoms with Crippen LogP contribution in [0, 0.1) is 27.7 Å². The highest BCUT2D eigenvalue weighted by molar-refractivity contribution is 7.92. The Balaban J connectivity index is 1.70. The summed E-state index contributed by atoms with van der Waals surface area (Å²) >= 11 is 0. The second-order valence-electron chi connectivity index (χ2n) is 11.7. The van der Waals surface area contributed by atoms with Gasteiger partial charge in [-0.1, -0.05) is 72.9 Å². The van der Waals surface area contributed by atoms with Gasteiger partial charge in [0.25, 0.3) is 10.0 Å². The van der Waals surface area contributed by atoms with Crippen LogP contribution in [0.5, 0.6) is 0 Å². The summed E-state index contributed by atoms with van der Waals surface area (Å²) in [5, 5.41) is 3.15. The Bertz CT molecular complexity index is 1490. The molecule has 1 aliphatic rings. The fourth-order valence-corrected chi connectivity index (χ4v) is 7.02. The fourth-order valence-electron chi connectivity index (χ4n) is 5.62. The molecule has 7 nitrogen and oxygen atoms in total. The Kier molecular flexibility index (Phi) is 10.1. The van der Waals surface area contributed by atoms with Crippen LogP contribution in [0.25, 0.3) is 0 Å². The highest BCUT2D eigenvalue weighted by atomic mass is 32.2. The molecule has 0 radical (unpaired) electrons. The van der Waals surface area contributed by atoms with Gasteiger partial charge in [0.1, 0.15) is 12.6 Å². The third-order valence-corrected chi connectivity index (χ3v) is 9.72. The van der Waals surface area contributed by atoms with E-state index in [2.05, 4.69) is 5.32 Å². The number of carbonyl (C=O) groups is 2. The molecule has 4 rings (SSSR count). The van der Waals surface area contributed by atoms with E-state index in [-0.39, 0.29) is 23.4 Å². The molecular formula is C34H43N3O4S. The molecule has 0 spiro atoms. The van der Waals surface area contributed by atoms with Crippen molar-refractivity contribution >= 4 is 27.5 Å². The van der Waals surface area contributed by atoms with Crippen LogP contribution >= 0.6 is 0 Å². The van der Waals surface area contributed by atoms with Crippen LogP contribution in [0.1, 0.15) is 66.8 Å². The van der Waals surface area contributed by atoms with Gasteiger partial charge in [-0.15, -0.1) is 0 Å². The standard InChI is InChI=1S/C34H43N3O4S/c1-24-14-16-32(17-15-24)42(40,41)37(31-20-26(3)18-27(4)21-31)23-33(38)36(22-29-11-9-10-25(2)19-29)28(5)34(39)35-30-12-7-6-8-13-30/h9-11,14-21,28,30H,6-8,12-13,22-23H2,1-5H3,(H,35,39)/t28-/m0/s1. The normalized spacial score (nSPS) is 14.7. The first-order chi connectivity index (χ1) is 19.9. The lowest BCUT2D eigenvalue weighted by molar-refractivity contribution is -0.139. The number of benzene rings is 3. The van der Waals surface area contributed by atoms with Crippen molar-refractivity contribution in [3.63, 3.8) is 0 Å². The summed E-state index contributed by atoms with van der Waals surface area (Å²) in [7, 11) is -4.10. The number of amides is 2. The number of nitrogens with one attached hydrogen (secondary N) is 1. The van der Waals surface area contributed by atoms with Gasteiger partial charge in [0.15, 0.2) is 0 Å². The van der Waals surface area contributed by atoms with Gasteiger partial charge in [-0.05, 0) is 88.4 Å². The molecule has 1 N–H and O–H groups in total. The highest BCUT2D eigenvalue weighted by Crippen LogP contribution is 2.27. The van der Waals surface area contributed by atoms with Crippen LogP contribution in [0.4, 0.5) is 5.69 Å². The molecule has 1 saturated carbocycles. The summed E-state index contributed by atoms with van der Waals surface area (Å²) in [6, 6.07) is 19.2. The maximum atomic E-state index is 14.2. The lowest BCUT2D eigenvalue weighted by Gasteiger charge is -2.33. The largest absolute Gasteiger partial charge is 0.352 e. The molecule has 1 fully saturated rings. The molecule has 0 heterocycles. The van der Waals surface area contributed by atoms with Gasteiger partial charge >= 0.3 is 0 Å². The first kappa shape index (κ1) is 31.3. The molecule has 0 bridgehead atoms. The van der Waals surface area contributed by atoms with Crippen LogP contribution in [0.3, 0.4) is 0 Å². The molecule has 42 heavy (non-hydrogen) atoms. The van der Waals surface area contributed by atoms with Gasteiger partial charge in [-0.3, -0.25) is 13.9 Å². The summed E-state index contributed by atoms with van der Waals surface area (Å²) < 4.78 is 29.3. The number of rotatable bonds is 10. The Morgan fingerprint density at radius 1 is 0.833 bits per heavy atom. The maximum absolute atomic E-state index is 14.2. The maximum Gasteiger partial charge on any atom is 0.264 e. The number of anilines is 1. The predicted molar refractivity (Wildman–Crippen MR) is 168 cm³/mol. The van der Waals surface area contributed by atoms with E-state index in [4.69, 9.17) is 0 Å². The molecule has 1 aliphatic carbocycles. The molecule has 0 saturated heterocycles. The molecule has 3 aromatic rings. The third-order valence-electron chi connectivity index (χ3n) is 7.94. The number of carbonyl (C=O) groups excluding carboxylic acids is 2. The van der Waals surface area contributed by atoms with Crippen molar-refractivity contribution in [1.82, 2.24) is 10.2 Å². The van der Waals surface area contributed by atoms with Crippen LogP contribution in [0.2, 0.25) is 0 Å². The average Bonchev–Trinajstić information content (AvgIpc) is 2.94. The summed E-state index contributed by atoms with van der Waals surface area (Å²) in [6.07, 6.45) is 5.18. The van der Waals surface area contributed by atoms with Crippen molar-refractivity contribution in [3.05, 3.63) is 94.5 Å². The van der Waals surface area contributed by atoms with Crippen LogP contribution in [-0.4, -0.2) is 43.8 Å². The Morgan fingerprint density at radius 2 is 1.48 bits per heavy atom. The molecule has 0 aromatic heterocycles. The number of nitrogens with zero attached hydrogens (tertiary/aromatic N) is 2. The highest BCUT2D eigenvalue weighted by Gasteiger charge is 2.33. The zero-order chi connectivity index (χ0) is 30.4. The van der Waals surface area contributed by atoms with Crippen LogP contribution in [-0.2, 0) is 26.2 Å². The van der Waals surface area contributed by atoms with Gasteiger partial charge in [0.2, 0.25) is 11.8 Å². The first-order valence-corrected chi connectivity index (χ1v) is 16.2. The van der Waals surface area contributed by atoms with Crippen molar-refractivity contribution in [2.45, 2.75) is 90.2 Å². The number of aryl methyl sites for hydroxylation is 4. The van der Waals surface area contributed by atoms with Crippen molar-refractivity contribution in [3.8, 4) is 0 Å². The monoisotopic (exact) mass is 589 g/mol. The van der Waals surface area contributed by atoms with E-state index in [1.807, 2.05) is 58.0 Å². The first-order valence-electron chi connectivity index (χ1n) is 14.8. The third kappa shape index (κ3) is 7.79. The van der Waals surface area contributed by atoms with Crippen LogP contribution in [0.15, 0.2) is 71.6 Å². The summed E-state index contributed by atoms with van der Waals surface area (Å²) in [6.45, 7) is 9.14. The van der Waals surface area contributed by atoms with E-state index in [0.717, 1.165) is 53.5 Å². The Hall–Kier alpha value is -3.65. The van der Waals surface area contributed by atoms with Crippen molar-refractivity contribution in [2.75, 3.05) is 10.8 Å². The average molecular weight is 590 g/mol. The predicted octanol–water partition coefficient (Wildman–Crippen LogP) is 5.98. The van der Waals surface area contributed by atoms with Gasteiger partial charge in [0, 0.05) is 12.6 Å². The summed E-state index contributed by atoms with van der Waals surface area (Å²) in [4.78, 5) is 29.3. The van der Waals surface area contributed by atoms with Crippen molar-refractivity contribution in [2.24, 2.45) is 0 Å². The van der Waals surface area contributed by atoms with E-state index in [1.165, 1.54) is 15.6 Å². The molecule has 1 atom stereocenters. The fraction of sp³-hybridized carbons (Fsp3) is 0.412. The van der Waals surface area contributed by atoms with E-state index in [9.17, 15) is 18.0 Å². The minimum atomic E-state index is -4.10. The number of hydrogen-bond acceptors (Lipinski definition) is 4. The van der Waals surface area contributed by atoms with E-state index in [1.54, 1.807) is 43.3 Å². The lowest BCUT2D eigenvalue weighted by atomic mass is 9.95. The number of sulfonamides is 1. The molecular weight excluding hydrogens is 546 g/mol. The minimum absolute atomic E-state index is 0.0957. The number of hydrogen-bond donors (Lipinski definition) is 1. The topological polar surface area (TPSA) is 86.8 Å². The van der Waals surface area contributed by atoms with Crippen molar-refractivity contribution in [1.29, 1.82) is 0 Å². The van der Waals surface area contributed by atoms with E-state index < -0.39 is 28.5 Å². The van der Waals surface area contributed by atoms with Gasteiger partial charge < -0.3 is 10.2 Å². The molecule has 8 heteroatoms. The van der Waals surface area contributed by atoms with E-state index >= 15 is 0 Å². The molecule has 0 aliphatic heterocycles. The van der Waals surface area contributed by atoms with Gasteiger partial charge in [-0.25, -0.2) is 8.42 Å². The zero-order valence-electron chi connectivity index (χ0n) is 25.4. The zero-order valence-corrected chi connectivity index (χ0v) is 26.2. The molecule has 224 valence electrons. The van der Waals surface area contributed by atoms with Gasteiger partial charge in [-0.2, -0.15) is 0 Å². The molecule has 3 aromatic carbocycles. The SMILES string of the molecule is Cc1ccc(S(=O)(=O)N(CC(=O)N(Cc2cccc(C)c2)[C@@H](C)C(=O)NC2CCCCC2)c2cc(C)cc(C)c2)cc1. The second kappa shape index (κ2) is 13.6. The minimum Gasteiger partial charge on any atom is -0.352 e. The lowest BCUT2D eigenvalue weighted by Crippen LogP contribution is -2.53. The molecule has 2 amide bonds. The Labute approximate surface area is 251 Å². The summed E-state index contributed by atoms with van der Waals surface area (Å²) in [5.74, 6) is -0.667. The molecule has 0 unspecified atom stereocenters. The summed E-state index contributed by atoms with van der Waals surface area (Å²) in [5.41, 5.74) is 5.04.